The van der Waals surface area contributed by atoms with Crippen molar-refractivity contribution in [3.63, 3.8) is 0 Å². The Balaban J connectivity index is 1.36. The summed E-state index contributed by atoms with van der Waals surface area (Å²) in [5, 5.41) is 2.20. The summed E-state index contributed by atoms with van der Waals surface area (Å²) in [6.07, 6.45) is 7.16. The molecule has 3 fully saturated rings. The largest absolute Gasteiger partial charge is 0.384 e. The first-order valence-electron chi connectivity index (χ1n) is 9.73. The van der Waals surface area contributed by atoms with Crippen LogP contribution in [0.5, 0.6) is 0 Å². The molecule has 1 aromatic heterocycles. The van der Waals surface area contributed by atoms with Crippen molar-refractivity contribution in [3.05, 3.63) is 22.4 Å². The summed E-state index contributed by atoms with van der Waals surface area (Å²) in [6, 6.07) is 4.46. The van der Waals surface area contributed by atoms with Gasteiger partial charge >= 0.3 is 0 Å². The summed E-state index contributed by atoms with van der Waals surface area (Å²) in [6.45, 7) is 8.54. The first-order valence-corrected chi connectivity index (χ1v) is 10.6. The molecule has 3 nitrogen and oxygen atoms in total. The number of hydrogen-bond acceptors (Lipinski definition) is 4. The number of methoxy groups -OCH3 is 1. The third kappa shape index (κ3) is 3.57. The van der Waals surface area contributed by atoms with Crippen molar-refractivity contribution in [1.29, 1.82) is 0 Å². The minimum Gasteiger partial charge on any atom is -0.384 e. The van der Waals surface area contributed by atoms with Gasteiger partial charge in [-0.1, -0.05) is 12.5 Å². The minimum absolute atomic E-state index is 0.503. The Morgan fingerprint density at radius 1 is 1.25 bits per heavy atom. The fraction of sp³-hybridized carbons (Fsp3) is 0.800. The molecule has 1 aliphatic carbocycles. The van der Waals surface area contributed by atoms with E-state index in [-0.39, 0.29) is 0 Å². The molecule has 1 saturated carbocycles. The first-order chi connectivity index (χ1) is 11.8. The lowest BCUT2D eigenvalue weighted by molar-refractivity contribution is 0.0281. The molecule has 3 heterocycles. The summed E-state index contributed by atoms with van der Waals surface area (Å²) < 4.78 is 5.62. The Morgan fingerprint density at radius 3 is 2.71 bits per heavy atom. The lowest BCUT2D eigenvalue weighted by Gasteiger charge is -2.44. The Hall–Kier alpha value is -0.420. The van der Waals surface area contributed by atoms with E-state index in [1.165, 1.54) is 69.7 Å². The lowest BCUT2D eigenvalue weighted by Crippen LogP contribution is -2.46. The van der Waals surface area contributed by atoms with E-state index in [4.69, 9.17) is 4.74 Å². The molecule has 1 atom stereocenters. The van der Waals surface area contributed by atoms with Gasteiger partial charge < -0.3 is 9.64 Å². The molecule has 1 aromatic rings. The summed E-state index contributed by atoms with van der Waals surface area (Å²) in [7, 11) is 1.88. The van der Waals surface area contributed by atoms with Crippen molar-refractivity contribution < 1.29 is 4.74 Å². The monoisotopic (exact) mass is 348 g/mol. The van der Waals surface area contributed by atoms with Crippen LogP contribution < -0.4 is 0 Å². The summed E-state index contributed by atoms with van der Waals surface area (Å²) in [5.74, 6) is 1.72. The van der Waals surface area contributed by atoms with Crippen molar-refractivity contribution in [2.45, 2.75) is 38.6 Å². The third-order valence-electron chi connectivity index (χ3n) is 6.80. The smallest absolute Gasteiger partial charge is 0.0508 e. The van der Waals surface area contributed by atoms with E-state index in [0.717, 1.165) is 19.1 Å². The van der Waals surface area contributed by atoms with E-state index in [0.29, 0.717) is 11.3 Å². The van der Waals surface area contributed by atoms with Gasteiger partial charge in [-0.3, -0.25) is 4.90 Å². The number of thiophene rings is 1. The van der Waals surface area contributed by atoms with Gasteiger partial charge in [0.15, 0.2) is 0 Å². The zero-order valence-corrected chi connectivity index (χ0v) is 15.9. The fourth-order valence-corrected chi connectivity index (χ4v) is 5.85. The summed E-state index contributed by atoms with van der Waals surface area (Å²) in [5.41, 5.74) is 0.503. The van der Waals surface area contributed by atoms with Gasteiger partial charge in [-0.25, -0.2) is 0 Å². The summed E-state index contributed by atoms with van der Waals surface area (Å²) >= 11 is 1.89. The zero-order valence-electron chi connectivity index (χ0n) is 15.1. The van der Waals surface area contributed by atoms with Crippen LogP contribution in [0.25, 0.3) is 0 Å². The molecule has 0 radical (unpaired) electrons. The molecular formula is C20H32N2OS. The molecular weight excluding hydrogens is 316 g/mol. The fourth-order valence-electron chi connectivity index (χ4n) is 5.11. The number of rotatable bonds is 6. The van der Waals surface area contributed by atoms with Crippen LogP contribution in [-0.2, 0) is 11.3 Å². The van der Waals surface area contributed by atoms with Gasteiger partial charge in [0.25, 0.3) is 0 Å². The molecule has 4 rings (SSSR count). The van der Waals surface area contributed by atoms with Crippen LogP contribution in [0.15, 0.2) is 17.5 Å². The number of piperidine rings is 1. The van der Waals surface area contributed by atoms with Crippen LogP contribution in [0.2, 0.25) is 0 Å². The molecule has 3 aliphatic rings. The second-order valence-electron chi connectivity index (χ2n) is 8.36. The van der Waals surface area contributed by atoms with Crippen LogP contribution in [-0.4, -0.2) is 56.2 Å². The molecule has 1 spiro atoms. The van der Waals surface area contributed by atoms with E-state index >= 15 is 0 Å². The van der Waals surface area contributed by atoms with Gasteiger partial charge in [0.2, 0.25) is 0 Å². The highest BCUT2D eigenvalue weighted by molar-refractivity contribution is 7.09. The SMILES string of the molecule is COC[C@@H]1CN(Cc2cccs2)CC12CCN(CC1CCC1)CC2. The van der Waals surface area contributed by atoms with Gasteiger partial charge in [-0.15, -0.1) is 11.3 Å². The molecule has 2 saturated heterocycles. The molecule has 0 bridgehead atoms. The van der Waals surface area contributed by atoms with Crippen LogP contribution >= 0.6 is 11.3 Å². The first kappa shape index (κ1) is 17.0. The third-order valence-corrected chi connectivity index (χ3v) is 7.66. The van der Waals surface area contributed by atoms with Crippen LogP contribution in [0.3, 0.4) is 0 Å². The highest BCUT2D eigenvalue weighted by atomic mass is 32.1. The zero-order chi connectivity index (χ0) is 16.4. The van der Waals surface area contributed by atoms with Gasteiger partial charge in [0.1, 0.15) is 0 Å². The number of ether oxygens (including phenoxy) is 1. The standard InChI is InChI=1S/C20H32N2OS/c1-23-15-18-13-22(14-19-6-3-11-24-19)16-20(18)7-9-21(10-8-20)12-17-4-2-5-17/h3,6,11,17-18H,2,4-5,7-10,12-16H2,1H3/t18-/m0/s1. The highest BCUT2D eigenvalue weighted by Gasteiger charge is 2.47. The Bertz CT molecular complexity index is 506. The number of nitrogens with zero attached hydrogens (tertiary/aromatic N) is 2. The van der Waals surface area contributed by atoms with Crippen molar-refractivity contribution in [2.24, 2.45) is 17.3 Å². The molecule has 4 heteroatoms. The predicted octanol–water partition coefficient (Wildman–Crippen LogP) is 3.71. The quantitative estimate of drug-likeness (QED) is 0.779. The second kappa shape index (κ2) is 7.45. The topological polar surface area (TPSA) is 15.7 Å². The normalized spacial score (nSPS) is 28.5. The average molecular weight is 349 g/mol. The van der Waals surface area contributed by atoms with Crippen molar-refractivity contribution in [2.75, 3.05) is 46.4 Å². The minimum atomic E-state index is 0.503. The Labute approximate surface area is 151 Å². The van der Waals surface area contributed by atoms with Crippen LogP contribution in [0.4, 0.5) is 0 Å². The van der Waals surface area contributed by atoms with Gasteiger partial charge in [0, 0.05) is 44.1 Å². The molecule has 0 amide bonds. The van der Waals surface area contributed by atoms with Crippen LogP contribution in [0.1, 0.15) is 37.0 Å². The number of hydrogen-bond donors (Lipinski definition) is 0. The Kier molecular flexibility index (Phi) is 5.28. The van der Waals surface area contributed by atoms with E-state index < -0.39 is 0 Å². The molecule has 24 heavy (non-hydrogen) atoms. The molecule has 0 unspecified atom stereocenters. The van der Waals surface area contributed by atoms with Crippen molar-refractivity contribution >= 4 is 11.3 Å². The lowest BCUT2D eigenvalue weighted by atomic mass is 9.71. The Morgan fingerprint density at radius 2 is 2.08 bits per heavy atom. The van der Waals surface area contributed by atoms with Gasteiger partial charge in [0.05, 0.1) is 6.61 Å². The second-order valence-corrected chi connectivity index (χ2v) is 9.39. The van der Waals surface area contributed by atoms with E-state index in [1.54, 1.807) is 0 Å². The maximum Gasteiger partial charge on any atom is 0.0508 e. The predicted molar refractivity (Wildman–Crippen MR) is 100 cm³/mol. The molecule has 2 aliphatic heterocycles. The van der Waals surface area contributed by atoms with Gasteiger partial charge in [-0.2, -0.15) is 0 Å². The van der Waals surface area contributed by atoms with E-state index in [1.807, 2.05) is 18.4 Å². The van der Waals surface area contributed by atoms with Crippen molar-refractivity contribution in [3.8, 4) is 0 Å². The maximum absolute atomic E-state index is 5.62. The highest BCUT2D eigenvalue weighted by Crippen LogP contribution is 2.45. The maximum atomic E-state index is 5.62. The van der Waals surface area contributed by atoms with E-state index in [2.05, 4.69) is 27.3 Å². The molecule has 134 valence electrons. The summed E-state index contributed by atoms with van der Waals surface area (Å²) in [4.78, 5) is 6.95. The average Bonchev–Trinajstić information content (AvgIpc) is 3.15. The van der Waals surface area contributed by atoms with Crippen molar-refractivity contribution in [1.82, 2.24) is 9.80 Å². The number of likely N-dealkylation sites (tertiary alicyclic amines) is 2. The van der Waals surface area contributed by atoms with Crippen LogP contribution in [0, 0.1) is 17.3 Å². The molecule has 0 N–H and O–H groups in total. The molecule has 0 aromatic carbocycles. The van der Waals surface area contributed by atoms with Gasteiger partial charge in [-0.05, 0) is 61.6 Å². The van der Waals surface area contributed by atoms with E-state index in [9.17, 15) is 0 Å².